The molecule has 0 aliphatic carbocycles. The Bertz CT molecular complexity index is 379. The van der Waals surface area contributed by atoms with Crippen molar-refractivity contribution in [1.29, 1.82) is 0 Å². The fourth-order valence-electron chi connectivity index (χ4n) is 1.72. The first-order valence-electron chi connectivity index (χ1n) is 5.31. The van der Waals surface area contributed by atoms with Crippen LogP contribution in [-0.2, 0) is 11.3 Å². The molecule has 1 saturated heterocycles. The lowest BCUT2D eigenvalue weighted by Gasteiger charge is -2.38. The van der Waals surface area contributed by atoms with Gasteiger partial charge in [-0.05, 0) is 12.1 Å². The monoisotopic (exact) mass is 287 g/mol. The lowest BCUT2D eigenvalue weighted by atomic mass is 9.89. The molecule has 16 heavy (non-hydrogen) atoms. The molecule has 4 heteroatoms. The predicted octanol–water partition coefficient (Wildman–Crippen LogP) is 2.71. The summed E-state index contributed by atoms with van der Waals surface area (Å²) < 4.78 is 19.4. The molecule has 1 fully saturated rings. The summed E-state index contributed by atoms with van der Waals surface area (Å²) in [6, 6.07) is 5.14. The maximum atomic E-state index is 13.5. The third kappa shape index (κ3) is 2.81. The van der Waals surface area contributed by atoms with Crippen LogP contribution in [0.4, 0.5) is 4.39 Å². The molecule has 0 unspecified atom stereocenters. The summed E-state index contributed by atoms with van der Waals surface area (Å²) >= 11 is 3.24. The quantitative estimate of drug-likeness (QED) is 0.919. The molecule has 0 aromatic heterocycles. The Kier molecular flexibility index (Phi) is 3.62. The molecule has 0 amide bonds. The molecular weight excluding hydrogens is 273 g/mol. The fourth-order valence-corrected chi connectivity index (χ4v) is 2.05. The lowest BCUT2D eigenvalue weighted by molar-refractivity contribution is -0.0991. The van der Waals surface area contributed by atoms with Crippen LogP contribution in [0.2, 0.25) is 0 Å². The van der Waals surface area contributed by atoms with Crippen LogP contribution < -0.4 is 5.32 Å². The van der Waals surface area contributed by atoms with E-state index in [-0.39, 0.29) is 11.2 Å². The summed E-state index contributed by atoms with van der Waals surface area (Å²) in [4.78, 5) is 0. The standard InChI is InChI=1S/C12H15BrFNO/c1-12(7-16-8-12)6-15-5-9-2-3-10(13)4-11(9)14/h2-4,15H,5-8H2,1H3. The van der Waals surface area contributed by atoms with Crippen molar-refractivity contribution >= 4 is 15.9 Å². The van der Waals surface area contributed by atoms with Gasteiger partial charge in [-0.15, -0.1) is 0 Å². The van der Waals surface area contributed by atoms with Crippen molar-refractivity contribution in [2.24, 2.45) is 5.41 Å². The van der Waals surface area contributed by atoms with E-state index in [4.69, 9.17) is 4.74 Å². The van der Waals surface area contributed by atoms with E-state index in [9.17, 15) is 4.39 Å². The minimum absolute atomic E-state index is 0.170. The van der Waals surface area contributed by atoms with Crippen molar-refractivity contribution in [1.82, 2.24) is 5.32 Å². The minimum Gasteiger partial charge on any atom is -0.380 e. The van der Waals surface area contributed by atoms with Crippen molar-refractivity contribution in [3.05, 3.63) is 34.1 Å². The molecule has 1 aliphatic rings. The van der Waals surface area contributed by atoms with Crippen LogP contribution in [0.25, 0.3) is 0 Å². The van der Waals surface area contributed by atoms with Gasteiger partial charge in [0, 0.05) is 28.5 Å². The molecule has 2 rings (SSSR count). The number of hydrogen-bond donors (Lipinski definition) is 1. The largest absolute Gasteiger partial charge is 0.380 e. The molecule has 1 aromatic carbocycles. The Balaban J connectivity index is 1.85. The van der Waals surface area contributed by atoms with Crippen LogP contribution in [-0.4, -0.2) is 19.8 Å². The van der Waals surface area contributed by atoms with Crippen LogP contribution in [0.1, 0.15) is 12.5 Å². The number of nitrogens with one attached hydrogen (secondary N) is 1. The lowest BCUT2D eigenvalue weighted by Crippen LogP contribution is -2.47. The zero-order valence-corrected chi connectivity index (χ0v) is 10.8. The van der Waals surface area contributed by atoms with Crippen LogP contribution in [0.3, 0.4) is 0 Å². The highest BCUT2D eigenvalue weighted by Gasteiger charge is 2.32. The van der Waals surface area contributed by atoms with E-state index >= 15 is 0 Å². The van der Waals surface area contributed by atoms with Crippen LogP contribution in [0.5, 0.6) is 0 Å². The highest BCUT2D eigenvalue weighted by atomic mass is 79.9. The third-order valence-corrected chi connectivity index (χ3v) is 3.28. The number of halogens is 2. The van der Waals surface area contributed by atoms with Gasteiger partial charge in [-0.25, -0.2) is 4.39 Å². The third-order valence-electron chi connectivity index (χ3n) is 2.78. The second-order valence-electron chi connectivity index (χ2n) is 4.64. The summed E-state index contributed by atoms with van der Waals surface area (Å²) in [6.07, 6.45) is 0. The van der Waals surface area contributed by atoms with Gasteiger partial charge in [-0.2, -0.15) is 0 Å². The second-order valence-corrected chi connectivity index (χ2v) is 5.56. The molecular formula is C12H15BrFNO. The molecule has 0 atom stereocenters. The van der Waals surface area contributed by atoms with Gasteiger partial charge in [0.1, 0.15) is 5.82 Å². The summed E-state index contributed by atoms with van der Waals surface area (Å²) in [5.74, 6) is -0.170. The normalized spacial score (nSPS) is 18.2. The van der Waals surface area contributed by atoms with E-state index in [1.807, 2.05) is 6.07 Å². The molecule has 1 aromatic rings. The van der Waals surface area contributed by atoms with Gasteiger partial charge < -0.3 is 10.1 Å². The highest BCUT2D eigenvalue weighted by molar-refractivity contribution is 9.10. The summed E-state index contributed by atoms with van der Waals surface area (Å²) in [6.45, 7) is 5.18. The maximum absolute atomic E-state index is 13.5. The summed E-state index contributed by atoms with van der Waals surface area (Å²) in [5, 5.41) is 3.27. The van der Waals surface area contributed by atoms with Crippen LogP contribution in [0, 0.1) is 11.2 Å². The van der Waals surface area contributed by atoms with E-state index in [0.717, 1.165) is 24.2 Å². The van der Waals surface area contributed by atoms with E-state index in [2.05, 4.69) is 28.2 Å². The Morgan fingerprint density at radius 2 is 2.25 bits per heavy atom. The molecule has 0 bridgehead atoms. The Morgan fingerprint density at radius 1 is 1.50 bits per heavy atom. The second kappa shape index (κ2) is 4.82. The first-order chi connectivity index (χ1) is 7.59. The molecule has 1 N–H and O–H groups in total. The van der Waals surface area contributed by atoms with E-state index in [1.165, 1.54) is 6.07 Å². The minimum atomic E-state index is -0.170. The topological polar surface area (TPSA) is 21.3 Å². The van der Waals surface area contributed by atoms with Crippen LogP contribution in [0.15, 0.2) is 22.7 Å². The van der Waals surface area contributed by atoms with Gasteiger partial charge in [-0.1, -0.05) is 28.9 Å². The molecule has 1 heterocycles. The molecule has 2 nitrogen and oxygen atoms in total. The Labute approximate surface area is 103 Å². The summed E-state index contributed by atoms with van der Waals surface area (Å²) in [5.41, 5.74) is 0.929. The first kappa shape index (κ1) is 12.0. The Morgan fingerprint density at radius 3 is 2.81 bits per heavy atom. The van der Waals surface area contributed by atoms with Crippen molar-refractivity contribution in [2.45, 2.75) is 13.5 Å². The molecule has 1 aliphatic heterocycles. The van der Waals surface area contributed by atoms with Gasteiger partial charge in [0.25, 0.3) is 0 Å². The van der Waals surface area contributed by atoms with E-state index in [1.54, 1.807) is 6.07 Å². The van der Waals surface area contributed by atoms with Crippen molar-refractivity contribution in [3.63, 3.8) is 0 Å². The summed E-state index contributed by atoms with van der Waals surface area (Å²) in [7, 11) is 0. The number of benzene rings is 1. The average Bonchev–Trinajstić information content (AvgIpc) is 2.19. The highest BCUT2D eigenvalue weighted by Crippen LogP contribution is 2.25. The molecule has 0 spiro atoms. The zero-order valence-electron chi connectivity index (χ0n) is 9.22. The van der Waals surface area contributed by atoms with Crippen molar-refractivity contribution in [3.8, 4) is 0 Å². The predicted molar refractivity (Wildman–Crippen MR) is 64.7 cm³/mol. The zero-order chi connectivity index (χ0) is 11.6. The first-order valence-corrected chi connectivity index (χ1v) is 6.11. The van der Waals surface area contributed by atoms with Crippen molar-refractivity contribution < 1.29 is 9.13 Å². The fraction of sp³-hybridized carbons (Fsp3) is 0.500. The molecule has 88 valence electrons. The van der Waals surface area contributed by atoms with Crippen LogP contribution >= 0.6 is 15.9 Å². The van der Waals surface area contributed by atoms with Gasteiger partial charge in [0.2, 0.25) is 0 Å². The van der Waals surface area contributed by atoms with E-state index < -0.39 is 0 Å². The Hall–Kier alpha value is -0.450. The van der Waals surface area contributed by atoms with E-state index in [0.29, 0.717) is 12.1 Å². The van der Waals surface area contributed by atoms with Crippen molar-refractivity contribution in [2.75, 3.05) is 19.8 Å². The number of hydrogen-bond acceptors (Lipinski definition) is 2. The average molecular weight is 288 g/mol. The van der Waals surface area contributed by atoms with Gasteiger partial charge in [-0.3, -0.25) is 0 Å². The number of ether oxygens (including phenoxy) is 1. The number of rotatable bonds is 4. The smallest absolute Gasteiger partial charge is 0.128 e. The molecule has 0 saturated carbocycles. The maximum Gasteiger partial charge on any atom is 0.128 e. The van der Waals surface area contributed by atoms with Gasteiger partial charge >= 0.3 is 0 Å². The SMILES string of the molecule is CC1(CNCc2ccc(Br)cc2F)COC1. The van der Waals surface area contributed by atoms with Gasteiger partial charge in [0.05, 0.1) is 13.2 Å². The molecule has 0 radical (unpaired) electrons. The van der Waals surface area contributed by atoms with Gasteiger partial charge in [0.15, 0.2) is 0 Å².